The quantitative estimate of drug-likeness (QED) is 0.321. The highest BCUT2D eigenvalue weighted by molar-refractivity contribution is 5.48. The predicted octanol–water partition coefficient (Wildman–Crippen LogP) is 4.85. The summed E-state index contributed by atoms with van der Waals surface area (Å²) in [5, 5.41) is 15.5. The summed E-state index contributed by atoms with van der Waals surface area (Å²) >= 11 is 0. The van der Waals surface area contributed by atoms with E-state index in [2.05, 4.69) is 18.7 Å². The summed E-state index contributed by atoms with van der Waals surface area (Å²) in [4.78, 5) is 2.23. The number of aromatic nitrogens is 2. The third-order valence-electron chi connectivity index (χ3n) is 5.85. The number of aliphatic hydroxyl groups is 1. The van der Waals surface area contributed by atoms with E-state index < -0.39 is 6.10 Å². The van der Waals surface area contributed by atoms with Crippen molar-refractivity contribution in [3.8, 4) is 28.8 Å². The highest BCUT2D eigenvalue weighted by atomic mass is 16.5. The fraction of sp³-hybridized carbons (Fsp3) is 0.464. The summed E-state index contributed by atoms with van der Waals surface area (Å²) < 4.78 is 24.7. The maximum Gasteiger partial charge on any atom is 0.227 e. The second kappa shape index (κ2) is 13.9. The van der Waals surface area contributed by atoms with Gasteiger partial charge in [-0.3, -0.25) is 4.90 Å². The van der Waals surface area contributed by atoms with Gasteiger partial charge < -0.3 is 24.1 Å². The largest absolute Gasteiger partial charge is 0.497 e. The number of hydrogen-bond acceptors (Lipinski definition) is 7. The molecule has 0 saturated heterocycles. The SMILES string of the molecule is CCCN(Cc1c(CC)nn(-c2ccc(OC)cc2)c1Oc1ccccc1OC)C[C@H](O)COCC. The van der Waals surface area contributed by atoms with E-state index in [1.807, 2.05) is 60.1 Å². The molecule has 0 aliphatic heterocycles. The zero-order valence-corrected chi connectivity index (χ0v) is 22.1. The molecule has 1 atom stereocenters. The molecule has 0 bridgehead atoms. The number of aliphatic hydroxyl groups excluding tert-OH is 1. The first-order chi connectivity index (χ1) is 17.5. The first-order valence-corrected chi connectivity index (χ1v) is 12.6. The van der Waals surface area contributed by atoms with Crippen molar-refractivity contribution in [2.45, 2.75) is 46.3 Å². The van der Waals surface area contributed by atoms with Crippen LogP contribution in [-0.4, -0.2) is 66.4 Å². The fourth-order valence-electron chi connectivity index (χ4n) is 4.11. The van der Waals surface area contributed by atoms with Gasteiger partial charge in [-0.2, -0.15) is 5.10 Å². The van der Waals surface area contributed by atoms with Crippen LogP contribution in [0, 0.1) is 0 Å². The van der Waals surface area contributed by atoms with E-state index in [0.717, 1.165) is 42.1 Å². The Kier molecular flexibility index (Phi) is 10.6. The molecule has 0 spiro atoms. The van der Waals surface area contributed by atoms with Crippen LogP contribution < -0.4 is 14.2 Å². The van der Waals surface area contributed by atoms with Gasteiger partial charge in [-0.1, -0.05) is 26.0 Å². The van der Waals surface area contributed by atoms with E-state index in [9.17, 15) is 5.11 Å². The molecule has 0 unspecified atom stereocenters. The van der Waals surface area contributed by atoms with E-state index >= 15 is 0 Å². The molecule has 0 aliphatic rings. The molecule has 1 heterocycles. The number of ether oxygens (including phenoxy) is 4. The standard InChI is InChI=1S/C28H39N3O5/c1-6-17-30(18-22(32)20-35-8-3)19-24-25(7-2)29-31(21-13-15-23(33-4)16-14-21)28(24)36-27-12-10-9-11-26(27)34-5/h9-16,22,32H,6-8,17-20H2,1-5H3/t22-/m0/s1. The molecule has 0 amide bonds. The molecule has 3 aromatic rings. The Bertz CT molecular complexity index is 1070. The molecular formula is C28H39N3O5. The van der Waals surface area contributed by atoms with Crippen molar-refractivity contribution < 1.29 is 24.1 Å². The van der Waals surface area contributed by atoms with Crippen LogP contribution in [0.5, 0.6) is 23.1 Å². The lowest BCUT2D eigenvalue weighted by Crippen LogP contribution is -2.35. The summed E-state index contributed by atoms with van der Waals surface area (Å²) in [6, 6.07) is 15.3. The minimum atomic E-state index is -0.572. The summed E-state index contributed by atoms with van der Waals surface area (Å²) in [6.07, 6.45) is 1.12. The number of hydrogen-bond donors (Lipinski definition) is 1. The average molecular weight is 498 g/mol. The molecule has 2 aromatic carbocycles. The van der Waals surface area contributed by atoms with Crippen molar-refractivity contribution in [1.82, 2.24) is 14.7 Å². The third-order valence-corrected chi connectivity index (χ3v) is 5.85. The normalized spacial score (nSPS) is 12.1. The van der Waals surface area contributed by atoms with E-state index in [4.69, 9.17) is 24.0 Å². The molecule has 8 nitrogen and oxygen atoms in total. The van der Waals surface area contributed by atoms with Crippen LogP contribution in [0.4, 0.5) is 0 Å². The van der Waals surface area contributed by atoms with E-state index in [-0.39, 0.29) is 0 Å². The number of benzene rings is 2. The minimum absolute atomic E-state index is 0.313. The van der Waals surface area contributed by atoms with Gasteiger partial charge in [0.15, 0.2) is 11.5 Å². The second-order valence-corrected chi connectivity index (χ2v) is 8.50. The smallest absolute Gasteiger partial charge is 0.227 e. The van der Waals surface area contributed by atoms with Gasteiger partial charge in [-0.05, 0) is 62.7 Å². The van der Waals surface area contributed by atoms with Gasteiger partial charge in [0, 0.05) is 19.7 Å². The number of aryl methyl sites for hydroxylation is 1. The van der Waals surface area contributed by atoms with Crippen LogP contribution in [0.25, 0.3) is 5.69 Å². The van der Waals surface area contributed by atoms with Crippen molar-refractivity contribution in [2.75, 3.05) is 40.5 Å². The number of para-hydroxylation sites is 2. The molecule has 8 heteroatoms. The molecule has 0 saturated carbocycles. The number of rotatable bonds is 15. The van der Waals surface area contributed by atoms with Crippen LogP contribution in [-0.2, 0) is 17.7 Å². The summed E-state index contributed by atoms with van der Waals surface area (Å²) in [5.41, 5.74) is 2.78. The summed E-state index contributed by atoms with van der Waals surface area (Å²) in [5.74, 6) is 2.65. The Morgan fingerprint density at radius 2 is 1.69 bits per heavy atom. The average Bonchev–Trinajstić information content (AvgIpc) is 3.24. The Morgan fingerprint density at radius 1 is 0.972 bits per heavy atom. The Balaban J connectivity index is 2.05. The maximum atomic E-state index is 10.5. The molecular weight excluding hydrogens is 458 g/mol. The van der Waals surface area contributed by atoms with E-state index in [0.29, 0.717) is 43.7 Å². The molecule has 0 aliphatic carbocycles. The van der Waals surface area contributed by atoms with Crippen molar-refractivity contribution >= 4 is 0 Å². The number of methoxy groups -OCH3 is 2. The highest BCUT2D eigenvalue weighted by Crippen LogP contribution is 2.36. The second-order valence-electron chi connectivity index (χ2n) is 8.50. The first-order valence-electron chi connectivity index (χ1n) is 12.6. The van der Waals surface area contributed by atoms with Crippen molar-refractivity contribution in [3.05, 3.63) is 59.8 Å². The van der Waals surface area contributed by atoms with E-state index in [1.54, 1.807) is 14.2 Å². The summed E-state index contributed by atoms with van der Waals surface area (Å²) in [7, 11) is 3.28. The van der Waals surface area contributed by atoms with Gasteiger partial charge >= 0.3 is 0 Å². The van der Waals surface area contributed by atoms with Crippen molar-refractivity contribution in [1.29, 1.82) is 0 Å². The first kappa shape index (κ1) is 27.5. The van der Waals surface area contributed by atoms with Crippen molar-refractivity contribution in [2.24, 2.45) is 0 Å². The number of nitrogens with zero attached hydrogens (tertiary/aromatic N) is 3. The lowest BCUT2D eigenvalue weighted by molar-refractivity contribution is 0.0194. The minimum Gasteiger partial charge on any atom is -0.497 e. The van der Waals surface area contributed by atoms with Gasteiger partial charge in [0.05, 0.1) is 43.9 Å². The monoisotopic (exact) mass is 497 g/mol. The Morgan fingerprint density at radius 3 is 2.31 bits per heavy atom. The zero-order valence-electron chi connectivity index (χ0n) is 22.1. The maximum absolute atomic E-state index is 10.5. The van der Waals surface area contributed by atoms with Gasteiger partial charge in [0.1, 0.15) is 5.75 Å². The zero-order chi connectivity index (χ0) is 25.9. The Labute approximate surface area is 214 Å². The predicted molar refractivity (Wildman–Crippen MR) is 141 cm³/mol. The van der Waals surface area contributed by atoms with Crippen LogP contribution in [0.3, 0.4) is 0 Å². The van der Waals surface area contributed by atoms with Crippen LogP contribution in [0.15, 0.2) is 48.5 Å². The molecule has 36 heavy (non-hydrogen) atoms. The summed E-state index contributed by atoms with van der Waals surface area (Å²) in [6.45, 7) is 8.96. The Hall–Kier alpha value is -3.07. The molecule has 1 aromatic heterocycles. The van der Waals surface area contributed by atoms with Gasteiger partial charge in [-0.25, -0.2) is 4.68 Å². The topological polar surface area (TPSA) is 78.2 Å². The van der Waals surface area contributed by atoms with Crippen LogP contribution >= 0.6 is 0 Å². The molecule has 0 radical (unpaired) electrons. The van der Waals surface area contributed by atoms with E-state index in [1.165, 1.54) is 0 Å². The molecule has 196 valence electrons. The molecule has 3 rings (SSSR count). The van der Waals surface area contributed by atoms with Gasteiger partial charge in [0.2, 0.25) is 5.88 Å². The fourth-order valence-corrected chi connectivity index (χ4v) is 4.11. The van der Waals surface area contributed by atoms with Crippen LogP contribution in [0.1, 0.15) is 38.4 Å². The molecule has 1 N–H and O–H groups in total. The van der Waals surface area contributed by atoms with Crippen LogP contribution in [0.2, 0.25) is 0 Å². The van der Waals surface area contributed by atoms with Gasteiger partial charge in [0.25, 0.3) is 0 Å². The van der Waals surface area contributed by atoms with Gasteiger partial charge in [-0.15, -0.1) is 0 Å². The van der Waals surface area contributed by atoms with Crippen molar-refractivity contribution in [3.63, 3.8) is 0 Å². The molecule has 0 fully saturated rings. The lowest BCUT2D eigenvalue weighted by Gasteiger charge is -2.25. The highest BCUT2D eigenvalue weighted by Gasteiger charge is 2.24. The third kappa shape index (κ3) is 7.00. The lowest BCUT2D eigenvalue weighted by atomic mass is 10.1.